The zero-order chi connectivity index (χ0) is 20.1. The van der Waals surface area contributed by atoms with Crippen molar-refractivity contribution in [3.05, 3.63) is 78.1 Å². The van der Waals surface area contributed by atoms with Crippen LogP contribution in [0, 0.1) is 0 Å². The predicted octanol–water partition coefficient (Wildman–Crippen LogP) is 2.49. The van der Waals surface area contributed by atoms with Crippen LogP contribution in [0.5, 0.6) is 0 Å². The third kappa shape index (κ3) is 4.96. The zero-order valence-electron chi connectivity index (χ0n) is 16.6. The Morgan fingerprint density at radius 2 is 1.93 bits per heavy atom. The largest absolute Gasteiger partial charge is 0.347 e. The molecule has 6 nitrogen and oxygen atoms in total. The van der Waals surface area contributed by atoms with Gasteiger partial charge in [-0.25, -0.2) is 0 Å². The normalized spacial score (nSPS) is 16.0. The molecule has 4 rings (SSSR count). The van der Waals surface area contributed by atoms with Crippen LogP contribution >= 0.6 is 12.4 Å². The molecule has 0 aliphatic carbocycles. The molecule has 1 aliphatic heterocycles. The molecular formula is C23H25ClN4O2. The Morgan fingerprint density at radius 3 is 2.77 bits per heavy atom. The van der Waals surface area contributed by atoms with Crippen LogP contribution in [0.25, 0.3) is 10.8 Å². The second-order valence-corrected chi connectivity index (χ2v) is 7.19. The number of nitrogens with one attached hydrogen (secondary N) is 2. The first kappa shape index (κ1) is 21.7. The third-order valence-corrected chi connectivity index (χ3v) is 5.30. The van der Waals surface area contributed by atoms with Crippen LogP contribution in [0.4, 0.5) is 0 Å². The van der Waals surface area contributed by atoms with Crippen molar-refractivity contribution in [3.8, 4) is 0 Å². The number of pyridine rings is 1. The maximum Gasteiger partial charge on any atom is 0.242 e. The van der Waals surface area contributed by atoms with Gasteiger partial charge in [0.2, 0.25) is 11.8 Å². The Balaban J connectivity index is 0.00000256. The number of hydrogen-bond acceptors (Lipinski definition) is 4. The van der Waals surface area contributed by atoms with Crippen molar-refractivity contribution < 1.29 is 9.59 Å². The smallest absolute Gasteiger partial charge is 0.242 e. The van der Waals surface area contributed by atoms with Crippen molar-refractivity contribution in [2.75, 3.05) is 26.2 Å². The number of amides is 2. The number of benzene rings is 2. The Kier molecular flexibility index (Phi) is 7.38. The zero-order valence-corrected chi connectivity index (χ0v) is 17.4. The fourth-order valence-corrected chi connectivity index (χ4v) is 3.83. The summed E-state index contributed by atoms with van der Waals surface area (Å²) < 4.78 is 0. The molecule has 156 valence electrons. The molecule has 1 aromatic heterocycles. The lowest BCUT2D eigenvalue weighted by atomic mass is 10.0. The number of hydrogen-bond donors (Lipinski definition) is 2. The van der Waals surface area contributed by atoms with Crippen molar-refractivity contribution in [2.45, 2.75) is 12.5 Å². The number of nitrogens with zero attached hydrogens (tertiary/aromatic N) is 2. The Morgan fingerprint density at radius 1 is 1.10 bits per heavy atom. The minimum absolute atomic E-state index is 0. The van der Waals surface area contributed by atoms with Gasteiger partial charge in [0.15, 0.2) is 0 Å². The molecule has 0 spiro atoms. The summed E-state index contributed by atoms with van der Waals surface area (Å²) in [5, 5.41) is 8.29. The van der Waals surface area contributed by atoms with Gasteiger partial charge < -0.3 is 15.5 Å². The standard InChI is InChI=1S/C23H24N4O2.ClH/c28-22(13-18-7-3-6-17-5-1-2-9-20(17)18)26-16-23(29)27-12-11-25-15-21(27)19-8-4-10-24-14-19;/h1-10,14,21,25H,11-13,15-16H2,(H,26,28);1H. The molecule has 30 heavy (non-hydrogen) atoms. The van der Waals surface area contributed by atoms with E-state index < -0.39 is 0 Å². The molecule has 1 unspecified atom stereocenters. The minimum atomic E-state index is -0.150. The van der Waals surface area contributed by atoms with Crippen molar-refractivity contribution in [1.29, 1.82) is 0 Å². The first-order chi connectivity index (χ1) is 14.2. The van der Waals surface area contributed by atoms with E-state index in [1.807, 2.05) is 59.5 Å². The SMILES string of the molecule is Cl.O=C(Cc1cccc2ccccc12)NCC(=O)N1CCNCC1c1cccnc1. The van der Waals surface area contributed by atoms with Gasteiger partial charge in [-0.2, -0.15) is 0 Å². The average Bonchev–Trinajstić information content (AvgIpc) is 2.78. The number of fused-ring (bicyclic) bond motifs is 1. The fourth-order valence-electron chi connectivity index (χ4n) is 3.83. The van der Waals surface area contributed by atoms with E-state index in [4.69, 9.17) is 0 Å². The lowest BCUT2D eigenvalue weighted by Gasteiger charge is -2.36. The second kappa shape index (κ2) is 10.2. The van der Waals surface area contributed by atoms with Crippen LogP contribution in [0.1, 0.15) is 17.2 Å². The molecule has 2 amide bonds. The Hall–Kier alpha value is -2.96. The van der Waals surface area contributed by atoms with Crippen molar-refractivity contribution >= 4 is 35.0 Å². The van der Waals surface area contributed by atoms with Gasteiger partial charge in [-0.15, -0.1) is 12.4 Å². The quantitative estimate of drug-likeness (QED) is 0.660. The van der Waals surface area contributed by atoms with E-state index in [0.717, 1.165) is 28.4 Å². The van der Waals surface area contributed by atoms with Gasteiger partial charge in [0.25, 0.3) is 0 Å². The summed E-state index contributed by atoms with van der Waals surface area (Å²) in [7, 11) is 0. The molecule has 0 radical (unpaired) electrons. The Labute approximate surface area is 182 Å². The van der Waals surface area contributed by atoms with Gasteiger partial charge in [-0.05, 0) is 28.0 Å². The van der Waals surface area contributed by atoms with E-state index in [-0.39, 0.29) is 43.2 Å². The van der Waals surface area contributed by atoms with Crippen molar-refractivity contribution in [1.82, 2.24) is 20.5 Å². The van der Waals surface area contributed by atoms with E-state index in [2.05, 4.69) is 15.6 Å². The highest BCUT2D eigenvalue weighted by Crippen LogP contribution is 2.21. The van der Waals surface area contributed by atoms with E-state index >= 15 is 0 Å². The Bertz CT molecular complexity index is 1010. The van der Waals surface area contributed by atoms with Gasteiger partial charge in [0.05, 0.1) is 19.0 Å². The average molecular weight is 425 g/mol. The van der Waals surface area contributed by atoms with Gasteiger partial charge >= 0.3 is 0 Å². The van der Waals surface area contributed by atoms with Gasteiger partial charge in [-0.1, -0.05) is 48.5 Å². The van der Waals surface area contributed by atoms with Crippen LogP contribution in [0.3, 0.4) is 0 Å². The molecule has 0 saturated carbocycles. The summed E-state index contributed by atoms with van der Waals surface area (Å²) in [6.45, 7) is 2.03. The third-order valence-electron chi connectivity index (χ3n) is 5.30. The molecule has 3 aromatic rings. The van der Waals surface area contributed by atoms with E-state index in [1.165, 1.54) is 0 Å². The van der Waals surface area contributed by atoms with Gasteiger partial charge in [0, 0.05) is 32.0 Å². The van der Waals surface area contributed by atoms with Gasteiger partial charge in [-0.3, -0.25) is 14.6 Å². The summed E-state index contributed by atoms with van der Waals surface area (Å²) >= 11 is 0. The number of carbonyl (C=O) groups is 2. The molecule has 2 aromatic carbocycles. The second-order valence-electron chi connectivity index (χ2n) is 7.19. The van der Waals surface area contributed by atoms with Crippen LogP contribution in [0.15, 0.2) is 67.0 Å². The number of rotatable bonds is 5. The fraction of sp³-hybridized carbons (Fsp3) is 0.261. The predicted molar refractivity (Wildman–Crippen MR) is 119 cm³/mol. The van der Waals surface area contributed by atoms with E-state index in [9.17, 15) is 9.59 Å². The number of piperazine rings is 1. The molecule has 1 aliphatic rings. The lowest BCUT2D eigenvalue weighted by molar-refractivity contribution is -0.135. The number of aromatic nitrogens is 1. The molecule has 2 N–H and O–H groups in total. The monoisotopic (exact) mass is 424 g/mol. The molecular weight excluding hydrogens is 400 g/mol. The molecule has 0 bridgehead atoms. The maximum atomic E-state index is 12.8. The molecule has 1 atom stereocenters. The molecule has 7 heteroatoms. The highest BCUT2D eigenvalue weighted by atomic mass is 35.5. The van der Waals surface area contributed by atoms with Crippen LogP contribution in [-0.4, -0.2) is 47.9 Å². The molecule has 1 fully saturated rings. The summed E-state index contributed by atoms with van der Waals surface area (Å²) in [6.07, 6.45) is 3.76. The summed E-state index contributed by atoms with van der Waals surface area (Å²) in [6, 6.07) is 17.7. The molecule has 1 saturated heterocycles. The minimum Gasteiger partial charge on any atom is -0.347 e. The topological polar surface area (TPSA) is 74.3 Å². The van der Waals surface area contributed by atoms with Crippen LogP contribution in [-0.2, 0) is 16.0 Å². The van der Waals surface area contributed by atoms with Gasteiger partial charge in [0.1, 0.15) is 0 Å². The first-order valence-electron chi connectivity index (χ1n) is 9.86. The summed E-state index contributed by atoms with van der Waals surface area (Å²) in [5.74, 6) is -0.227. The number of carbonyl (C=O) groups excluding carboxylic acids is 2. The number of halogens is 1. The van der Waals surface area contributed by atoms with Crippen molar-refractivity contribution in [2.24, 2.45) is 0 Å². The first-order valence-corrected chi connectivity index (χ1v) is 9.86. The van der Waals surface area contributed by atoms with Crippen LogP contribution in [0.2, 0.25) is 0 Å². The van der Waals surface area contributed by atoms with E-state index in [0.29, 0.717) is 13.1 Å². The van der Waals surface area contributed by atoms with Crippen LogP contribution < -0.4 is 10.6 Å². The maximum absolute atomic E-state index is 12.8. The lowest BCUT2D eigenvalue weighted by Crippen LogP contribution is -2.51. The summed E-state index contributed by atoms with van der Waals surface area (Å²) in [4.78, 5) is 31.3. The molecule has 2 heterocycles. The van der Waals surface area contributed by atoms with E-state index in [1.54, 1.807) is 12.4 Å². The highest BCUT2D eigenvalue weighted by molar-refractivity contribution is 5.91. The summed E-state index contributed by atoms with van der Waals surface area (Å²) in [5.41, 5.74) is 1.96. The van der Waals surface area contributed by atoms with Crippen molar-refractivity contribution in [3.63, 3.8) is 0 Å². The highest BCUT2D eigenvalue weighted by Gasteiger charge is 2.28.